The van der Waals surface area contributed by atoms with Gasteiger partial charge in [0.25, 0.3) is 5.69 Å². The molecule has 3 aromatic rings. The molecule has 0 fully saturated rings. The number of halogens is 1. The van der Waals surface area contributed by atoms with Crippen molar-refractivity contribution in [2.75, 3.05) is 29.4 Å². The topological polar surface area (TPSA) is 128 Å². The van der Waals surface area contributed by atoms with Crippen molar-refractivity contribution in [2.45, 2.75) is 60.8 Å². The van der Waals surface area contributed by atoms with Crippen molar-refractivity contribution in [3.63, 3.8) is 0 Å². The zero-order valence-electron chi connectivity index (χ0n) is 24.4. The van der Waals surface area contributed by atoms with Gasteiger partial charge in [0.05, 0.1) is 22.7 Å². The number of nitrogens with one attached hydrogen (secondary N) is 2. The number of non-ortho nitro benzene ring substituents is 1. The van der Waals surface area contributed by atoms with Gasteiger partial charge < -0.3 is 34.5 Å². The van der Waals surface area contributed by atoms with Gasteiger partial charge in [-0.15, -0.1) is 12.1 Å². The molecular weight excluding hydrogens is 740 g/mol. The first-order chi connectivity index (χ1) is 17.7. The Kier molecular flexibility index (Phi) is 24.4. The summed E-state index contributed by atoms with van der Waals surface area (Å²) >= 11 is 6.16. The number of nitro benzene ring substituents is 1. The van der Waals surface area contributed by atoms with Crippen molar-refractivity contribution >= 4 is 40.0 Å². The number of nitrogens with two attached hydrogens (primary N) is 2. The number of rotatable bonds is 7. The van der Waals surface area contributed by atoms with Crippen LogP contribution in [0.1, 0.15) is 58.6 Å². The summed E-state index contributed by atoms with van der Waals surface area (Å²) in [6.07, 6.45) is 3.22. The van der Waals surface area contributed by atoms with Crippen LogP contribution < -0.4 is 27.1 Å². The van der Waals surface area contributed by atoms with Gasteiger partial charge in [-0.25, -0.2) is 0 Å². The number of methoxy groups -OCH3 is 1. The quantitative estimate of drug-likeness (QED) is 0.0819. The number of nitrogens with zero attached hydrogens (tertiary/aromatic N) is 1. The van der Waals surface area contributed by atoms with Crippen LogP contribution in [-0.2, 0) is 6.42 Å². The molecule has 6 N–H and O–H groups in total. The number of anilines is 4. The van der Waals surface area contributed by atoms with Crippen molar-refractivity contribution in [1.29, 1.82) is 0 Å². The summed E-state index contributed by atoms with van der Waals surface area (Å²) < 4.78 is 5.23. The molecule has 39 heavy (non-hydrogen) atoms. The first-order valence-electron chi connectivity index (χ1n) is 12.3. The van der Waals surface area contributed by atoms with E-state index in [0.29, 0.717) is 29.2 Å². The molecule has 0 radical (unpaired) electrons. The van der Waals surface area contributed by atoms with E-state index in [1.54, 1.807) is 12.1 Å². The van der Waals surface area contributed by atoms with Gasteiger partial charge in [-0.2, -0.15) is 6.07 Å². The van der Waals surface area contributed by atoms with Crippen molar-refractivity contribution in [2.24, 2.45) is 0 Å². The molecule has 3 aromatic carbocycles. The van der Waals surface area contributed by atoms with Gasteiger partial charge in [0, 0.05) is 23.6 Å². The van der Waals surface area contributed by atoms with E-state index >= 15 is 0 Å². The molecule has 3 rings (SSSR count). The molecule has 8 nitrogen and oxygen atoms in total. The van der Waals surface area contributed by atoms with E-state index in [2.05, 4.69) is 30.8 Å². The number of unbranched alkanes of at least 4 members (excludes halogenated alkanes) is 1. The van der Waals surface area contributed by atoms with E-state index < -0.39 is 4.92 Å². The van der Waals surface area contributed by atoms with Gasteiger partial charge in [-0.1, -0.05) is 82.4 Å². The summed E-state index contributed by atoms with van der Waals surface area (Å²) in [6, 6.07) is 16.7. The van der Waals surface area contributed by atoms with E-state index in [1.807, 2.05) is 52.0 Å². The van der Waals surface area contributed by atoms with E-state index in [0.717, 1.165) is 11.3 Å². The molecule has 0 aliphatic heterocycles. The van der Waals surface area contributed by atoms with Crippen LogP contribution in [0.15, 0.2) is 48.5 Å². The van der Waals surface area contributed by atoms with Gasteiger partial charge in [-0.3, -0.25) is 10.1 Å². The first-order valence-corrected chi connectivity index (χ1v) is 12.7. The summed E-state index contributed by atoms with van der Waals surface area (Å²) in [6.45, 7) is 12.3. The van der Waals surface area contributed by atoms with Gasteiger partial charge >= 0.3 is 31.1 Å². The molecule has 0 saturated carbocycles. The molecule has 0 aliphatic carbocycles. The fraction of sp³-hybridized carbons (Fsp3) is 0.345. The Balaban J connectivity index is -0.000000673. The second-order valence-corrected chi connectivity index (χ2v) is 8.01. The number of ether oxygens (including phenoxy) is 1. The van der Waals surface area contributed by atoms with Crippen molar-refractivity contribution < 1.29 is 40.8 Å². The van der Waals surface area contributed by atoms with Crippen LogP contribution in [-0.4, -0.2) is 12.0 Å². The molecule has 0 heterocycles. The van der Waals surface area contributed by atoms with Crippen LogP contribution >= 0.6 is 11.6 Å². The molecule has 214 valence electrons. The van der Waals surface area contributed by atoms with Gasteiger partial charge in [0.2, 0.25) is 0 Å². The molecule has 0 aromatic heterocycles. The van der Waals surface area contributed by atoms with Crippen molar-refractivity contribution in [1.82, 2.24) is 0 Å². The van der Waals surface area contributed by atoms with E-state index in [-0.39, 0.29) is 49.2 Å². The number of benzene rings is 3. The molecule has 0 amide bonds. The van der Waals surface area contributed by atoms with Crippen molar-refractivity contribution in [3.05, 3.63) is 88.3 Å². The fourth-order valence-electron chi connectivity index (χ4n) is 2.62. The fourth-order valence-corrected chi connectivity index (χ4v) is 2.90. The predicted octanol–water partition coefficient (Wildman–Crippen LogP) is 8.50. The Labute approximate surface area is 263 Å². The minimum absolute atomic E-state index is 0. The number of hydrazine groups is 1. The normalized spacial score (nSPS) is 8.82. The van der Waals surface area contributed by atoms with Crippen LogP contribution in [0.3, 0.4) is 0 Å². The maximum absolute atomic E-state index is 10.9. The van der Waals surface area contributed by atoms with Gasteiger partial charge in [-0.05, 0) is 36.7 Å². The largest absolute Gasteiger partial charge is 2.00 e. The smallest absolute Gasteiger partial charge is 0.520 e. The molecule has 0 aliphatic rings. The van der Waals surface area contributed by atoms with Crippen LogP contribution in [0.5, 0.6) is 5.75 Å². The van der Waals surface area contributed by atoms with Crippen LogP contribution in [0.4, 0.5) is 28.4 Å². The summed E-state index contributed by atoms with van der Waals surface area (Å²) in [5.74, 6) is 0.532. The van der Waals surface area contributed by atoms with Gasteiger partial charge in [0.15, 0.2) is 0 Å². The Bertz CT molecular complexity index is 1060. The summed E-state index contributed by atoms with van der Waals surface area (Å²) in [5.41, 5.74) is 21.4. The second-order valence-electron chi connectivity index (χ2n) is 7.60. The minimum Gasteiger partial charge on any atom is -0.520 e. The maximum atomic E-state index is 10.9. The van der Waals surface area contributed by atoms with E-state index in [9.17, 15) is 10.1 Å². The number of nitrogen functional groups attached to an aromatic ring is 2. The Morgan fingerprint density at radius 2 is 1.59 bits per heavy atom. The second kappa shape index (κ2) is 23.3. The molecule has 0 saturated heterocycles. The predicted molar refractivity (Wildman–Crippen MR) is 165 cm³/mol. The van der Waals surface area contributed by atoms with Crippen LogP contribution in [0.2, 0.25) is 5.02 Å². The average Bonchev–Trinajstić information content (AvgIpc) is 2.91. The number of aryl methyl sites for hydroxylation is 2. The van der Waals surface area contributed by atoms with Gasteiger partial charge in [0.1, 0.15) is 0 Å². The number of hydrogen-bond acceptors (Lipinski definition) is 7. The molecule has 0 spiro atoms. The van der Waals surface area contributed by atoms with Crippen LogP contribution in [0, 0.1) is 61.6 Å². The third-order valence-corrected chi connectivity index (χ3v) is 5.10. The Morgan fingerprint density at radius 1 is 1.03 bits per heavy atom. The zero-order valence-corrected chi connectivity index (χ0v) is 29.4. The zero-order chi connectivity index (χ0) is 28.4. The average molecular weight is 784 g/mol. The van der Waals surface area contributed by atoms with Crippen molar-refractivity contribution in [3.8, 4) is 5.75 Å². The Morgan fingerprint density at radius 3 is 2.03 bits per heavy atom. The summed E-state index contributed by atoms with van der Waals surface area (Å²) in [4.78, 5) is 10.4. The Hall–Kier alpha value is -2.60. The standard InChI is InChI=1S/C15H16ClN4O3.C7H9N.C4H10.C2H6.CH3.U/c1-3-9-6-11(20(21)22)8-12(16)15(9)19-18-13-5-4-10(17)7-14(13)23-2;1-6-2-4-7(8)5-3-6;1-3-4-2;1-2;;/h5-8,18-19H,3,17H2,1-2H3;2-5H,8H2,1H3;3-4H2,1-2H3;1-2H3;1H3;/q-1;;;;-1;+2. The molecule has 0 bridgehead atoms. The summed E-state index contributed by atoms with van der Waals surface area (Å²) in [7, 11) is 1.52. The number of hydrogen-bond donors (Lipinski definition) is 4. The third-order valence-electron chi connectivity index (χ3n) is 4.80. The third kappa shape index (κ3) is 15.5. The SMILES string of the molecule is CC.CCCC.CCc1cc([N+](=O)[O-])cc(Cl)c1NNc1c[c-]c(N)cc1OC.Cc1ccc(N)cc1.[CH3-].[U+2]. The van der Waals surface area contributed by atoms with E-state index in [4.69, 9.17) is 27.8 Å². The van der Waals surface area contributed by atoms with Crippen LogP contribution in [0.25, 0.3) is 0 Å². The number of nitro groups is 1. The molecule has 0 atom stereocenters. The molecular formula is C29H44ClN5O3U. The first kappa shape index (κ1) is 40.9. The molecule has 0 unspecified atom stereocenters. The monoisotopic (exact) mass is 783 g/mol. The summed E-state index contributed by atoms with van der Waals surface area (Å²) in [5, 5.41) is 11.2. The van der Waals surface area contributed by atoms with E-state index in [1.165, 1.54) is 37.6 Å². The molecule has 10 heteroatoms. The maximum Gasteiger partial charge on any atom is 2.00 e. The minimum atomic E-state index is -0.472.